The Kier molecular flexibility index (Phi) is 2.96. The Bertz CT molecular complexity index is 681. The van der Waals surface area contributed by atoms with E-state index in [0.29, 0.717) is 0 Å². The van der Waals surface area contributed by atoms with Gasteiger partial charge in [0, 0.05) is 41.7 Å². The lowest BCUT2D eigenvalue weighted by molar-refractivity contribution is 0.580. The smallest absolute Gasteiger partial charge is 0.105 e. The molecule has 0 radical (unpaired) electrons. The van der Waals surface area contributed by atoms with Crippen molar-refractivity contribution in [2.75, 3.05) is 0 Å². The van der Waals surface area contributed by atoms with Gasteiger partial charge in [-0.25, -0.2) is 4.98 Å². The zero-order chi connectivity index (χ0) is 12.5. The SMILES string of the molecule is Cc1nccn1CCn1ccc2ccc(Br)cc21. The highest BCUT2D eigenvalue weighted by molar-refractivity contribution is 9.10. The third-order valence-corrected chi connectivity index (χ3v) is 3.73. The summed E-state index contributed by atoms with van der Waals surface area (Å²) in [5, 5.41) is 1.28. The predicted molar refractivity (Wildman–Crippen MR) is 76.6 cm³/mol. The monoisotopic (exact) mass is 303 g/mol. The van der Waals surface area contributed by atoms with Gasteiger partial charge in [0.1, 0.15) is 5.82 Å². The van der Waals surface area contributed by atoms with Gasteiger partial charge in [0.15, 0.2) is 0 Å². The van der Waals surface area contributed by atoms with E-state index in [0.717, 1.165) is 23.4 Å². The summed E-state index contributed by atoms with van der Waals surface area (Å²) in [6.45, 7) is 3.93. The molecular weight excluding hydrogens is 290 g/mol. The highest BCUT2D eigenvalue weighted by atomic mass is 79.9. The van der Waals surface area contributed by atoms with E-state index in [1.165, 1.54) is 10.9 Å². The van der Waals surface area contributed by atoms with E-state index in [4.69, 9.17) is 0 Å². The maximum Gasteiger partial charge on any atom is 0.105 e. The fraction of sp³-hybridized carbons (Fsp3) is 0.214. The minimum absolute atomic E-state index is 0.947. The third-order valence-electron chi connectivity index (χ3n) is 3.24. The maximum atomic E-state index is 4.24. The van der Waals surface area contributed by atoms with Gasteiger partial charge in [-0.05, 0) is 30.5 Å². The molecule has 4 heteroatoms. The lowest BCUT2D eigenvalue weighted by atomic mass is 10.2. The molecule has 0 bridgehead atoms. The fourth-order valence-corrected chi connectivity index (χ4v) is 2.56. The number of fused-ring (bicyclic) bond motifs is 1. The normalized spacial score (nSPS) is 11.2. The second kappa shape index (κ2) is 4.61. The summed E-state index contributed by atoms with van der Waals surface area (Å²) in [5.41, 5.74) is 1.27. The van der Waals surface area contributed by atoms with Gasteiger partial charge < -0.3 is 9.13 Å². The van der Waals surface area contributed by atoms with Crippen molar-refractivity contribution in [3.8, 4) is 0 Å². The minimum Gasteiger partial charge on any atom is -0.346 e. The molecule has 0 fully saturated rings. The summed E-state index contributed by atoms with van der Waals surface area (Å²) in [6.07, 6.45) is 6.01. The highest BCUT2D eigenvalue weighted by Gasteiger charge is 2.02. The molecule has 0 atom stereocenters. The summed E-state index contributed by atoms with van der Waals surface area (Å²) in [7, 11) is 0. The summed E-state index contributed by atoms with van der Waals surface area (Å²) < 4.78 is 5.57. The molecule has 0 saturated heterocycles. The molecule has 0 aliphatic heterocycles. The van der Waals surface area contributed by atoms with Crippen LogP contribution in [0.5, 0.6) is 0 Å². The fourth-order valence-electron chi connectivity index (χ4n) is 2.21. The van der Waals surface area contributed by atoms with Gasteiger partial charge >= 0.3 is 0 Å². The van der Waals surface area contributed by atoms with Gasteiger partial charge in [0.05, 0.1) is 0 Å². The number of hydrogen-bond donors (Lipinski definition) is 0. The summed E-state index contributed by atoms with van der Waals surface area (Å²) in [6, 6.07) is 8.53. The van der Waals surface area contributed by atoms with Gasteiger partial charge in [0.2, 0.25) is 0 Å². The number of nitrogens with zero attached hydrogens (tertiary/aromatic N) is 3. The molecular formula is C14H14BrN3. The number of imidazole rings is 1. The van der Waals surface area contributed by atoms with Gasteiger partial charge in [-0.1, -0.05) is 22.0 Å². The molecule has 0 amide bonds. The van der Waals surface area contributed by atoms with Gasteiger partial charge in [-0.2, -0.15) is 0 Å². The van der Waals surface area contributed by atoms with E-state index in [-0.39, 0.29) is 0 Å². The standard InChI is InChI=1S/C14H14BrN3/c1-11-16-5-7-17(11)8-9-18-6-4-12-2-3-13(15)10-14(12)18/h2-7,10H,8-9H2,1H3. The van der Waals surface area contributed by atoms with E-state index >= 15 is 0 Å². The van der Waals surface area contributed by atoms with Crippen LogP contribution in [0.4, 0.5) is 0 Å². The van der Waals surface area contributed by atoms with E-state index in [1.807, 2.05) is 19.3 Å². The van der Waals surface area contributed by atoms with E-state index in [9.17, 15) is 0 Å². The summed E-state index contributed by atoms with van der Waals surface area (Å²) in [4.78, 5) is 4.24. The number of benzene rings is 1. The average molecular weight is 304 g/mol. The highest BCUT2D eigenvalue weighted by Crippen LogP contribution is 2.21. The predicted octanol–water partition coefficient (Wildman–Crippen LogP) is 3.61. The lowest BCUT2D eigenvalue weighted by Gasteiger charge is -2.08. The zero-order valence-electron chi connectivity index (χ0n) is 10.2. The Morgan fingerprint density at radius 2 is 1.94 bits per heavy atom. The van der Waals surface area contributed by atoms with Crippen molar-refractivity contribution in [2.24, 2.45) is 0 Å². The first-order valence-electron chi connectivity index (χ1n) is 5.96. The van der Waals surface area contributed by atoms with Crippen LogP contribution in [-0.4, -0.2) is 14.1 Å². The quantitative estimate of drug-likeness (QED) is 0.725. The van der Waals surface area contributed by atoms with Crippen LogP contribution in [0, 0.1) is 6.92 Å². The van der Waals surface area contributed by atoms with Gasteiger partial charge in [0.25, 0.3) is 0 Å². The molecule has 0 N–H and O–H groups in total. The van der Waals surface area contributed by atoms with Crippen LogP contribution in [0.25, 0.3) is 10.9 Å². The topological polar surface area (TPSA) is 22.8 Å². The molecule has 0 unspecified atom stereocenters. The number of hydrogen-bond acceptors (Lipinski definition) is 1. The first-order chi connectivity index (χ1) is 8.74. The summed E-state index contributed by atoms with van der Waals surface area (Å²) >= 11 is 3.52. The molecule has 3 aromatic rings. The molecule has 18 heavy (non-hydrogen) atoms. The Morgan fingerprint density at radius 1 is 1.11 bits per heavy atom. The van der Waals surface area contributed by atoms with E-state index in [1.54, 1.807) is 0 Å². The molecule has 3 nitrogen and oxygen atoms in total. The molecule has 0 saturated carbocycles. The van der Waals surface area contributed by atoms with Crippen LogP contribution in [0.15, 0.2) is 47.3 Å². The number of aromatic nitrogens is 3. The Labute approximate surface area is 114 Å². The van der Waals surface area contributed by atoms with Crippen LogP contribution in [0.2, 0.25) is 0 Å². The second-order valence-electron chi connectivity index (χ2n) is 4.38. The zero-order valence-corrected chi connectivity index (χ0v) is 11.8. The van der Waals surface area contributed by atoms with Crippen LogP contribution in [0.1, 0.15) is 5.82 Å². The van der Waals surface area contributed by atoms with Crippen LogP contribution in [-0.2, 0) is 13.1 Å². The number of halogens is 1. The Morgan fingerprint density at radius 3 is 2.72 bits per heavy atom. The largest absolute Gasteiger partial charge is 0.346 e. The third kappa shape index (κ3) is 2.08. The molecule has 3 rings (SSSR count). The van der Waals surface area contributed by atoms with E-state index < -0.39 is 0 Å². The van der Waals surface area contributed by atoms with Crippen molar-refractivity contribution in [2.45, 2.75) is 20.0 Å². The minimum atomic E-state index is 0.947. The number of aryl methyl sites for hydroxylation is 3. The van der Waals surface area contributed by atoms with Crippen molar-refractivity contribution in [1.29, 1.82) is 0 Å². The first kappa shape index (κ1) is 11.5. The lowest BCUT2D eigenvalue weighted by Crippen LogP contribution is -2.07. The average Bonchev–Trinajstić information content (AvgIpc) is 2.93. The number of rotatable bonds is 3. The van der Waals surface area contributed by atoms with Gasteiger partial charge in [-0.15, -0.1) is 0 Å². The van der Waals surface area contributed by atoms with Gasteiger partial charge in [-0.3, -0.25) is 0 Å². The van der Waals surface area contributed by atoms with Crippen molar-refractivity contribution < 1.29 is 0 Å². The Balaban J connectivity index is 1.87. The van der Waals surface area contributed by atoms with Crippen LogP contribution >= 0.6 is 15.9 Å². The van der Waals surface area contributed by atoms with Crippen molar-refractivity contribution in [3.05, 3.63) is 53.2 Å². The second-order valence-corrected chi connectivity index (χ2v) is 5.30. The first-order valence-corrected chi connectivity index (χ1v) is 6.75. The van der Waals surface area contributed by atoms with Crippen LogP contribution in [0.3, 0.4) is 0 Å². The molecule has 2 aromatic heterocycles. The molecule has 92 valence electrons. The van der Waals surface area contributed by atoms with Crippen molar-refractivity contribution in [1.82, 2.24) is 14.1 Å². The molecule has 0 spiro atoms. The van der Waals surface area contributed by atoms with Crippen LogP contribution < -0.4 is 0 Å². The Hall–Kier alpha value is -1.55. The molecule has 0 aliphatic rings. The summed E-state index contributed by atoms with van der Waals surface area (Å²) in [5.74, 6) is 1.06. The van der Waals surface area contributed by atoms with Crippen molar-refractivity contribution >= 4 is 26.8 Å². The van der Waals surface area contributed by atoms with Crippen molar-refractivity contribution in [3.63, 3.8) is 0 Å². The maximum absolute atomic E-state index is 4.24. The van der Waals surface area contributed by atoms with E-state index in [2.05, 4.69) is 60.5 Å². The molecule has 0 aliphatic carbocycles. The molecule has 1 aromatic carbocycles. The molecule has 2 heterocycles.